The Morgan fingerprint density at radius 2 is 1.72 bits per heavy atom. The number of halogens is 2. The molecule has 0 spiro atoms. The standard InChI is InChI=1S/C19H12Cl2O4/c1-11(22)13-4-2-3-5-17(13)25-19(23)18-9-8-16(24-18)12-6-7-14(20)15(21)10-12/h2-10H,1H3. The fraction of sp³-hybridized carbons (Fsp3) is 0.0526. The lowest BCUT2D eigenvalue weighted by Crippen LogP contribution is -2.09. The SMILES string of the molecule is CC(=O)c1ccccc1OC(=O)c1ccc(-c2ccc(Cl)c(Cl)c2)o1. The summed E-state index contributed by atoms with van der Waals surface area (Å²) >= 11 is 11.9. The van der Waals surface area contributed by atoms with Crippen LogP contribution in [-0.4, -0.2) is 11.8 Å². The van der Waals surface area contributed by atoms with Gasteiger partial charge in [0, 0.05) is 5.56 Å². The Bertz CT molecular complexity index is 960. The van der Waals surface area contributed by atoms with Gasteiger partial charge in [0.25, 0.3) is 0 Å². The van der Waals surface area contributed by atoms with Crippen LogP contribution in [0, 0.1) is 0 Å². The van der Waals surface area contributed by atoms with Crippen LogP contribution in [0.25, 0.3) is 11.3 Å². The molecule has 25 heavy (non-hydrogen) atoms. The van der Waals surface area contributed by atoms with Gasteiger partial charge in [0.15, 0.2) is 5.78 Å². The highest BCUT2D eigenvalue weighted by Gasteiger charge is 2.17. The average molecular weight is 375 g/mol. The first kappa shape index (κ1) is 17.3. The van der Waals surface area contributed by atoms with Crippen molar-refractivity contribution in [3.8, 4) is 17.1 Å². The Hall–Kier alpha value is -2.56. The summed E-state index contributed by atoms with van der Waals surface area (Å²) in [5.41, 5.74) is 1.00. The lowest BCUT2D eigenvalue weighted by atomic mass is 10.1. The van der Waals surface area contributed by atoms with Crippen LogP contribution in [0.4, 0.5) is 0 Å². The molecule has 0 aliphatic carbocycles. The van der Waals surface area contributed by atoms with Gasteiger partial charge in [-0.25, -0.2) is 4.79 Å². The van der Waals surface area contributed by atoms with Gasteiger partial charge in [-0.15, -0.1) is 0 Å². The van der Waals surface area contributed by atoms with E-state index in [-0.39, 0.29) is 17.3 Å². The van der Waals surface area contributed by atoms with Crippen molar-refractivity contribution in [3.05, 3.63) is 76.0 Å². The zero-order valence-electron chi connectivity index (χ0n) is 13.1. The largest absolute Gasteiger partial charge is 0.449 e. The zero-order chi connectivity index (χ0) is 18.0. The molecule has 6 heteroatoms. The van der Waals surface area contributed by atoms with Crippen LogP contribution in [0.15, 0.2) is 59.0 Å². The number of carbonyl (C=O) groups is 2. The highest BCUT2D eigenvalue weighted by atomic mass is 35.5. The summed E-state index contributed by atoms with van der Waals surface area (Å²) in [5, 5.41) is 0.813. The van der Waals surface area contributed by atoms with E-state index in [4.69, 9.17) is 32.4 Å². The monoisotopic (exact) mass is 374 g/mol. The summed E-state index contributed by atoms with van der Waals surface area (Å²) < 4.78 is 10.8. The molecule has 3 aromatic rings. The third kappa shape index (κ3) is 3.76. The molecule has 0 N–H and O–H groups in total. The number of hydrogen-bond acceptors (Lipinski definition) is 4. The van der Waals surface area contributed by atoms with Gasteiger partial charge in [0.05, 0.1) is 15.6 Å². The lowest BCUT2D eigenvalue weighted by molar-refractivity contribution is 0.0700. The van der Waals surface area contributed by atoms with Crippen molar-refractivity contribution in [2.75, 3.05) is 0 Å². The number of para-hydroxylation sites is 1. The molecule has 0 radical (unpaired) electrons. The normalized spacial score (nSPS) is 10.5. The summed E-state index contributed by atoms with van der Waals surface area (Å²) in [5.74, 6) is -0.239. The number of ketones is 1. The molecule has 0 aliphatic rings. The number of rotatable bonds is 4. The lowest BCUT2D eigenvalue weighted by Gasteiger charge is -2.06. The first-order chi connectivity index (χ1) is 12.0. The second-order valence-electron chi connectivity index (χ2n) is 5.23. The minimum atomic E-state index is -0.694. The quantitative estimate of drug-likeness (QED) is 0.335. The highest BCUT2D eigenvalue weighted by molar-refractivity contribution is 6.42. The van der Waals surface area contributed by atoms with E-state index in [1.54, 1.807) is 48.5 Å². The Kier molecular flexibility index (Phi) is 4.93. The van der Waals surface area contributed by atoms with Crippen molar-refractivity contribution in [3.63, 3.8) is 0 Å². The van der Waals surface area contributed by atoms with Crippen molar-refractivity contribution in [1.29, 1.82) is 0 Å². The predicted octanol–water partition coefficient (Wildman–Crippen LogP) is 5.68. The summed E-state index contributed by atoms with van der Waals surface area (Å²) in [6.07, 6.45) is 0. The van der Waals surface area contributed by atoms with Gasteiger partial charge >= 0.3 is 5.97 Å². The molecule has 0 amide bonds. The van der Waals surface area contributed by atoms with Gasteiger partial charge in [-0.1, -0.05) is 35.3 Å². The van der Waals surface area contributed by atoms with E-state index >= 15 is 0 Å². The molecule has 0 aliphatic heterocycles. The molecule has 0 saturated carbocycles. The van der Waals surface area contributed by atoms with Gasteiger partial charge in [0.2, 0.25) is 5.76 Å². The van der Waals surface area contributed by atoms with Gasteiger partial charge in [-0.3, -0.25) is 4.79 Å². The molecule has 0 saturated heterocycles. The number of furan rings is 1. The van der Waals surface area contributed by atoms with Crippen LogP contribution >= 0.6 is 23.2 Å². The van der Waals surface area contributed by atoms with Gasteiger partial charge in [-0.2, -0.15) is 0 Å². The van der Waals surface area contributed by atoms with E-state index in [0.29, 0.717) is 26.9 Å². The smallest absolute Gasteiger partial charge is 0.379 e. The maximum atomic E-state index is 12.3. The first-order valence-corrected chi connectivity index (χ1v) is 8.08. The fourth-order valence-electron chi connectivity index (χ4n) is 2.25. The molecular formula is C19H12Cl2O4. The van der Waals surface area contributed by atoms with Gasteiger partial charge < -0.3 is 9.15 Å². The van der Waals surface area contributed by atoms with E-state index in [0.717, 1.165) is 0 Å². The summed E-state index contributed by atoms with van der Waals surface area (Å²) in [7, 11) is 0. The van der Waals surface area contributed by atoms with E-state index in [1.165, 1.54) is 13.0 Å². The van der Waals surface area contributed by atoms with E-state index in [1.807, 2.05) is 0 Å². The van der Waals surface area contributed by atoms with Crippen LogP contribution in [0.5, 0.6) is 5.75 Å². The van der Waals surface area contributed by atoms with Crippen molar-refractivity contribution in [2.45, 2.75) is 6.92 Å². The third-order valence-electron chi connectivity index (χ3n) is 3.48. The summed E-state index contributed by atoms with van der Waals surface area (Å²) in [6, 6.07) is 14.7. The Balaban J connectivity index is 1.84. The van der Waals surface area contributed by atoms with Crippen molar-refractivity contribution in [1.82, 2.24) is 0 Å². The second-order valence-corrected chi connectivity index (χ2v) is 6.05. The second kappa shape index (κ2) is 7.13. The molecule has 0 unspecified atom stereocenters. The molecule has 0 atom stereocenters. The molecule has 1 aromatic heterocycles. The van der Waals surface area contributed by atoms with Crippen molar-refractivity contribution < 1.29 is 18.7 Å². The molecule has 3 rings (SSSR count). The van der Waals surface area contributed by atoms with E-state index in [9.17, 15) is 9.59 Å². The number of carbonyl (C=O) groups excluding carboxylic acids is 2. The number of Topliss-reactive ketones (excluding diaryl/α,β-unsaturated/α-hetero) is 1. The van der Waals surface area contributed by atoms with Gasteiger partial charge in [-0.05, 0) is 49.4 Å². The van der Waals surface area contributed by atoms with Crippen molar-refractivity contribution in [2.24, 2.45) is 0 Å². The molecule has 1 heterocycles. The Labute approximate surface area is 153 Å². The maximum Gasteiger partial charge on any atom is 0.379 e. The molecule has 4 nitrogen and oxygen atoms in total. The summed E-state index contributed by atoms with van der Waals surface area (Å²) in [4.78, 5) is 23.9. The van der Waals surface area contributed by atoms with Crippen LogP contribution in [-0.2, 0) is 0 Å². The van der Waals surface area contributed by atoms with Crippen LogP contribution in [0.1, 0.15) is 27.8 Å². The minimum Gasteiger partial charge on any atom is -0.449 e. The van der Waals surface area contributed by atoms with Gasteiger partial charge in [0.1, 0.15) is 11.5 Å². The predicted molar refractivity (Wildman–Crippen MR) is 95.6 cm³/mol. The van der Waals surface area contributed by atoms with E-state index < -0.39 is 5.97 Å². The van der Waals surface area contributed by atoms with Crippen LogP contribution < -0.4 is 4.74 Å². The molecular weight excluding hydrogens is 363 g/mol. The topological polar surface area (TPSA) is 56.5 Å². The number of benzene rings is 2. The van der Waals surface area contributed by atoms with E-state index in [2.05, 4.69) is 0 Å². The zero-order valence-corrected chi connectivity index (χ0v) is 14.6. The highest BCUT2D eigenvalue weighted by Crippen LogP contribution is 2.30. The third-order valence-corrected chi connectivity index (χ3v) is 4.22. The summed E-state index contributed by atoms with van der Waals surface area (Å²) in [6.45, 7) is 1.40. The van der Waals surface area contributed by atoms with Crippen LogP contribution in [0.2, 0.25) is 10.0 Å². The minimum absolute atomic E-state index is 0.0134. The number of ether oxygens (including phenoxy) is 1. The fourth-order valence-corrected chi connectivity index (χ4v) is 2.55. The molecule has 2 aromatic carbocycles. The Morgan fingerprint density at radius 3 is 2.44 bits per heavy atom. The molecule has 0 bridgehead atoms. The Morgan fingerprint density at radius 1 is 0.960 bits per heavy atom. The van der Waals surface area contributed by atoms with Crippen LogP contribution in [0.3, 0.4) is 0 Å². The maximum absolute atomic E-state index is 12.3. The average Bonchev–Trinajstić information content (AvgIpc) is 3.08. The molecule has 0 fully saturated rings. The first-order valence-electron chi connectivity index (χ1n) is 7.33. The number of hydrogen-bond donors (Lipinski definition) is 0. The van der Waals surface area contributed by atoms with Crippen molar-refractivity contribution >= 4 is 35.0 Å². The molecule has 126 valence electrons. The number of esters is 1.